The molecule has 1 rings (SSSR count). The predicted molar refractivity (Wildman–Crippen MR) is 90.1 cm³/mol. The summed E-state index contributed by atoms with van der Waals surface area (Å²) in [5.41, 5.74) is 0. The van der Waals surface area contributed by atoms with E-state index >= 15 is 0 Å². The Hall–Kier alpha value is -0.0300. The molecule has 0 aromatic carbocycles. The van der Waals surface area contributed by atoms with Gasteiger partial charge in [-0.15, -0.1) is 24.8 Å². The zero-order valence-corrected chi connectivity index (χ0v) is 14.5. The standard InChI is InChI=1S/C14H29N3O.2ClH/c1-13-6-11-17(12-7-13)10-4-9-16-14(18)5-3-8-15-2;;/h13,15H,3-12H2,1-2H3,(H,16,18);2*1H. The number of nitrogens with one attached hydrogen (secondary N) is 2. The quantitative estimate of drug-likeness (QED) is 0.671. The van der Waals surface area contributed by atoms with Gasteiger partial charge in [0.1, 0.15) is 0 Å². The Balaban J connectivity index is 0. The van der Waals surface area contributed by atoms with E-state index in [-0.39, 0.29) is 30.7 Å². The Kier molecular flexibility index (Phi) is 15.5. The van der Waals surface area contributed by atoms with Crippen molar-refractivity contribution in [2.24, 2.45) is 5.92 Å². The number of hydrogen-bond acceptors (Lipinski definition) is 3. The minimum Gasteiger partial charge on any atom is -0.356 e. The highest BCUT2D eigenvalue weighted by atomic mass is 35.5. The highest BCUT2D eigenvalue weighted by Gasteiger charge is 2.14. The maximum atomic E-state index is 11.5. The average molecular weight is 328 g/mol. The van der Waals surface area contributed by atoms with Crippen LogP contribution < -0.4 is 10.6 Å². The van der Waals surface area contributed by atoms with Crippen molar-refractivity contribution in [3.8, 4) is 0 Å². The second-order valence-corrected chi connectivity index (χ2v) is 5.43. The van der Waals surface area contributed by atoms with Crippen molar-refractivity contribution in [3.05, 3.63) is 0 Å². The topological polar surface area (TPSA) is 44.4 Å². The van der Waals surface area contributed by atoms with Crippen LogP contribution >= 0.6 is 24.8 Å². The molecule has 0 saturated carbocycles. The summed E-state index contributed by atoms with van der Waals surface area (Å²) < 4.78 is 0. The molecule has 1 aliphatic heterocycles. The molecule has 122 valence electrons. The Bertz CT molecular complexity index is 234. The molecule has 4 nitrogen and oxygen atoms in total. The van der Waals surface area contributed by atoms with Crippen molar-refractivity contribution < 1.29 is 4.79 Å². The second kappa shape index (κ2) is 13.9. The normalized spacial score (nSPS) is 16.1. The van der Waals surface area contributed by atoms with Crippen LogP contribution in [0.5, 0.6) is 0 Å². The zero-order chi connectivity index (χ0) is 13.2. The first-order valence-corrected chi connectivity index (χ1v) is 7.36. The smallest absolute Gasteiger partial charge is 0.220 e. The number of nitrogens with zero attached hydrogens (tertiary/aromatic N) is 1. The second-order valence-electron chi connectivity index (χ2n) is 5.43. The summed E-state index contributed by atoms with van der Waals surface area (Å²) in [6.45, 7) is 7.67. The molecule has 1 fully saturated rings. The minimum absolute atomic E-state index is 0. The van der Waals surface area contributed by atoms with Crippen molar-refractivity contribution in [3.63, 3.8) is 0 Å². The van der Waals surface area contributed by atoms with E-state index in [4.69, 9.17) is 0 Å². The molecule has 20 heavy (non-hydrogen) atoms. The van der Waals surface area contributed by atoms with Gasteiger partial charge in [-0.1, -0.05) is 6.92 Å². The molecule has 0 spiro atoms. The molecular weight excluding hydrogens is 297 g/mol. The van der Waals surface area contributed by atoms with Crippen LogP contribution in [0.2, 0.25) is 0 Å². The summed E-state index contributed by atoms with van der Waals surface area (Å²) in [7, 11) is 1.91. The van der Waals surface area contributed by atoms with Crippen molar-refractivity contribution in [2.75, 3.05) is 39.8 Å². The monoisotopic (exact) mass is 327 g/mol. The zero-order valence-electron chi connectivity index (χ0n) is 12.8. The molecule has 0 aromatic heterocycles. The number of amides is 1. The summed E-state index contributed by atoms with van der Waals surface area (Å²) in [4.78, 5) is 14.0. The average Bonchev–Trinajstić information content (AvgIpc) is 2.37. The van der Waals surface area contributed by atoms with E-state index in [1.807, 2.05) is 7.05 Å². The summed E-state index contributed by atoms with van der Waals surface area (Å²) in [6.07, 6.45) is 5.30. The van der Waals surface area contributed by atoms with Crippen LogP contribution in [0.25, 0.3) is 0 Å². The lowest BCUT2D eigenvalue weighted by Crippen LogP contribution is -2.35. The molecule has 0 aliphatic carbocycles. The van der Waals surface area contributed by atoms with Crippen molar-refractivity contribution in [1.82, 2.24) is 15.5 Å². The van der Waals surface area contributed by atoms with Crippen LogP contribution in [0.4, 0.5) is 0 Å². The molecule has 1 aliphatic rings. The van der Waals surface area contributed by atoms with Gasteiger partial charge >= 0.3 is 0 Å². The highest BCUT2D eigenvalue weighted by Crippen LogP contribution is 2.15. The van der Waals surface area contributed by atoms with Crippen LogP contribution in [-0.4, -0.2) is 50.6 Å². The van der Waals surface area contributed by atoms with E-state index in [0.29, 0.717) is 6.42 Å². The number of likely N-dealkylation sites (tertiary alicyclic amines) is 1. The van der Waals surface area contributed by atoms with Gasteiger partial charge in [0.25, 0.3) is 0 Å². The van der Waals surface area contributed by atoms with Crippen LogP contribution in [0.15, 0.2) is 0 Å². The third-order valence-corrected chi connectivity index (χ3v) is 3.68. The van der Waals surface area contributed by atoms with Crippen LogP contribution in [-0.2, 0) is 4.79 Å². The Morgan fingerprint density at radius 3 is 2.40 bits per heavy atom. The minimum atomic E-state index is 0. The number of hydrogen-bond donors (Lipinski definition) is 2. The summed E-state index contributed by atoms with van der Waals surface area (Å²) in [5, 5.41) is 6.05. The molecular formula is C14H31Cl2N3O. The SMILES string of the molecule is CNCCCC(=O)NCCCN1CCC(C)CC1.Cl.Cl. The molecule has 1 saturated heterocycles. The largest absolute Gasteiger partial charge is 0.356 e. The third-order valence-electron chi connectivity index (χ3n) is 3.68. The number of carbonyl (C=O) groups excluding carboxylic acids is 1. The van der Waals surface area contributed by atoms with E-state index in [1.54, 1.807) is 0 Å². The Labute approximate surface area is 136 Å². The van der Waals surface area contributed by atoms with Gasteiger partial charge in [0.05, 0.1) is 0 Å². The van der Waals surface area contributed by atoms with Gasteiger partial charge < -0.3 is 15.5 Å². The van der Waals surface area contributed by atoms with E-state index in [1.165, 1.54) is 25.9 Å². The fraction of sp³-hybridized carbons (Fsp3) is 0.929. The first-order chi connectivity index (χ1) is 8.72. The number of carbonyl (C=O) groups is 1. The molecule has 2 N–H and O–H groups in total. The van der Waals surface area contributed by atoms with E-state index in [2.05, 4.69) is 22.5 Å². The highest BCUT2D eigenvalue weighted by molar-refractivity contribution is 5.85. The van der Waals surface area contributed by atoms with Crippen LogP contribution in [0, 0.1) is 5.92 Å². The van der Waals surface area contributed by atoms with Gasteiger partial charge in [-0.05, 0) is 64.8 Å². The Morgan fingerprint density at radius 1 is 1.15 bits per heavy atom. The molecule has 1 heterocycles. The first-order valence-electron chi connectivity index (χ1n) is 7.36. The maximum absolute atomic E-state index is 11.5. The summed E-state index contributed by atoms with van der Waals surface area (Å²) >= 11 is 0. The van der Waals surface area contributed by atoms with Crippen molar-refractivity contribution in [2.45, 2.75) is 39.0 Å². The van der Waals surface area contributed by atoms with E-state index in [9.17, 15) is 4.79 Å². The van der Waals surface area contributed by atoms with E-state index < -0.39 is 0 Å². The number of piperidine rings is 1. The third kappa shape index (κ3) is 10.7. The predicted octanol–water partition coefficient (Wildman–Crippen LogP) is 2.07. The summed E-state index contributed by atoms with van der Waals surface area (Å²) in [5.74, 6) is 1.09. The molecule has 0 aromatic rings. The lowest BCUT2D eigenvalue weighted by molar-refractivity contribution is -0.121. The fourth-order valence-corrected chi connectivity index (χ4v) is 2.33. The van der Waals surface area contributed by atoms with Gasteiger partial charge in [-0.2, -0.15) is 0 Å². The van der Waals surface area contributed by atoms with Crippen LogP contribution in [0.1, 0.15) is 39.0 Å². The lowest BCUT2D eigenvalue weighted by atomic mass is 9.99. The Morgan fingerprint density at radius 2 is 1.80 bits per heavy atom. The maximum Gasteiger partial charge on any atom is 0.220 e. The van der Waals surface area contributed by atoms with Crippen molar-refractivity contribution in [1.29, 1.82) is 0 Å². The molecule has 6 heteroatoms. The van der Waals surface area contributed by atoms with Gasteiger partial charge in [-0.25, -0.2) is 0 Å². The lowest BCUT2D eigenvalue weighted by Gasteiger charge is -2.30. The fourth-order valence-electron chi connectivity index (χ4n) is 2.33. The molecule has 0 unspecified atom stereocenters. The van der Waals surface area contributed by atoms with E-state index in [0.717, 1.165) is 38.4 Å². The van der Waals surface area contributed by atoms with Crippen molar-refractivity contribution >= 4 is 30.7 Å². The first kappa shape index (κ1) is 22.3. The molecule has 0 atom stereocenters. The van der Waals surface area contributed by atoms with Gasteiger partial charge in [0, 0.05) is 13.0 Å². The molecule has 0 radical (unpaired) electrons. The molecule has 1 amide bonds. The number of rotatable bonds is 8. The van der Waals surface area contributed by atoms with Gasteiger partial charge in [0.15, 0.2) is 0 Å². The summed E-state index contributed by atoms with van der Waals surface area (Å²) in [6, 6.07) is 0. The van der Waals surface area contributed by atoms with Gasteiger partial charge in [-0.3, -0.25) is 4.79 Å². The number of halogens is 2. The van der Waals surface area contributed by atoms with Crippen LogP contribution in [0.3, 0.4) is 0 Å². The molecule has 0 bridgehead atoms. The van der Waals surface area contributed by atoms with Gasteiger partial charge in [0.2, 0.25) is 5.91 Å².